The highest BCUT2D eigenvalue weighted by molar-refractivity contribution is 5.81. The zero-order valence-electron chi connectivity index (χ0n) is 14.5. The Balaban J connectivity index is 1.94. The maximum absolute atomic E-state index is 14.4. The summed E-state index contributed by atoms with van der Waals surface area (Å²) in [5, 5.41) is 9.65. The third kappa shape index (κ3) is 3.54. The van der Waals surface area contributed by atoms with E-state index in [1.165, 1.54) is 6.07 Å². The average Bonchev–Trinajstić information content (AvgIpc) is 3.04. The third-order valence-electron chi connectivity index (χ3n) is 5.56. The topological polar surface area (TPSA) is 60.9 Å². The molecule has 0 aromatic heterocycles. The standard InChI is InChI=1S/C19H25FN2O3/c1-2-21-11-5-6-13(21)12-22-17(23)10-9-15(19(24)25)18(22)14-7-3-4-8-16(14)20/h3-4,7-8,13,15,18H,2,5-6,9-12H2,1H3,(H,24,25)/t13-,15+,18-/m1/s1. The van der Waals surface area contributed by atoms with Gasteiger partial charge < -0.3 is 10.0 Å². The highest BCUT2D eigenvalue weighted by Crippen LogP contribution is 2.39. The van der Waals surface area contributed by atoms with Gasteiger partial charge in [-0.05, 0) is 38.4 Å². The summed E-state index contributed by atoms with van der Waals surface area (Å²) in [7, 11) is 0. The summed E-state index contributed by atoms with van der Waals surface area (Å²) in [6.45, 7) is 4.45. The first-order valence-corrected chi connectivity index (χ1v) is 9.03. The average molecular weight is 348 g/mol. The van der Waals surface area contributed by atoms with Crippen LogP contribution in [0.5, 0.6) is 0 Å². The van der Waals surface area contributed by atoms with Crippen molar-refractivity contribution in [2.75, 3.05) is 19.6 Å². The Labute approximate surface area is 147 Å². The minimum atomic E-state index is -0.968. The quantitative estimate of drug-likeness (QED) is 0.889. The number of carboxylic acids is 1. The number of hydrogen-bond donors (Lipinski definition) is 1. The van der Waals surface area contributed by atoms with Gasteiger partial charge in [0.05, 0.1) is 12.0 Å². The van der Waals surface area contributed by atoms with Crippen molar-refractivity contribution < 1.29 is 19.1 Å². The molecule has 1 aromatic rings. The zero-order valence-corrected chi connectivity index (χ0v) is 14.5. The van der Waals surface area contributed by atoms with Crippen molar-refractivity contribution in [1.82, 2.24) is 9.80 Å². The van der Waals surface area contributed by atoms with Crippen LogP contribution < -0.4 is 0 Å². The molecule has 0 unspecified atom stereocenters. The van der Waals surface area contributed by atoms with Crippen LogP contribution in [0.2, 0.25) is 0 Å². The molecule has 1 aromatic carbocycles. The molecular formula is C19H25FN2O3. The van der Waals surface area contributed by atoms with Crippen LogP contribution in [0.1, 0.15) is 44.2 Å². The maximum atomic E-state index is 14.4. The maximum Gasteiger partial charge on any atom is 0.308 e. The number of amides is 1. The number of carbonyl (C=O) groups is 2. The molecule has 2 aliphatic rings. The van der Waals surface area contributed by atoms with Gasteiger partial charge in [-0.2, -0.15) is 0 Å². The van der Waals surface area contributed by atoms with E-state index in [-0.39, 0.29) is 24.8 Å². The molecular weight excluding hydrogens is 323 g/mol. The molecule has 5 nitrogen and oxygen atoms in total. The predicted molar refractivity (Wildman–Crippen MR) is 91.5 cm³/mol. The number of nitrogens with zero attached hydrogens (tertiary/aromatic N) is 2. The van der Waals surface area contributed by atoms with Crippen LogP contribution in [0, 0.1) is 11.7 Å². The molecule has 3 atom stereocenters. The fourth-order valence-electron chi connectivity index (χ4n) is 4.27. The SMILES string of the molecule is CCN1CCC[C@@H]1CN1C(=O)CC[C@H](C(=O)O)[C@H]1c1ccccc1F. The van der Waals surface area contributed by atoms with Crippen molar-refractivity contribution in [3.8, 4) is 0 Å². The number of aliphatic carboxylic acids is 1. The van der Waals surface area contributed by atoms with Gasteiger partial charge in [0.1, 0.15) is 5.82 Å². The molecule has 2 heterocycles. The highest BCUT2D eigenvalue weighted by Gasteiger charge is 2.43. The number of likely N-dealkylation sites (tertiary alicyclic amines) is 2. The molecule has 0 spiro atoms. The lowest BCUT2D eigenvalue weighted by molar-refractivity contribution is -0.152. The Morgan fingerprint density at radius 1 is 1.32 bits per heavy atom. The first kappa shape index (κ1) is 17.9. The molecule has 0 aliphatic carbocycles. The van der Waals surface area contributed by atoms with Gasteiger partial charge in [0.2, 0.25) is 5.91 Å². The van der Waals surface area contributed by atoms with Crippen molar-refractivity contribution >= 4 is 11.9 Å². The number of likely N-dealkylation sites (N-methyl/N-ethyl adjacent to an activating group) is 1. The van der Waals surface area contributed by atoms with E-state index in [9.17, 15) is 19.1 Å². The fraction of sp³-hybridized carbons (Fsp3) is 0.579. The van der Waals surface area contributed by atoms with E-state index in [4.69, 9.17) is 0 Å². The summed E-state index contributed by atoms with van der Waals surface area (Å²) in [5.41, 5.74) is 0.309. The number of hydrogen-bond acceptors (Lipinski definition) is 3. The zero-order chi connectivity index (χ0) is 18.0. The van der Waals surface area contributed by atoms with Crippen molar-refractivity contribution in [3.05, 3.63) is 35.6 Å². The Morgan fingerprint density at radius 3 is 2.76 bits per heavy atom. The summed E-state index contributed by atoms with van der Waals surface area (Å²) in [4.78, 5) is 28.4. The highest BCUT2D eigenvalue weighted by atomic mass is 19.1. The Hall–Kier alpha value is -1.95. The van der Waals surface area contributed by atoms with Crippen LogP contribution in [0.15, 0.2) is 24.3 Å². The number of carboxylic acid groups (broad SMARTS) is 1. The van der Waals surface area contributed by atoms with E-state index in [0.717, 1.165) is 25.9 Å². The van der Waals surface area contributed by atoms with Gasteiger partial charge in [-0.1, -0.05) is 25.1 Å². The second-order valence-corrected chi connectivity index (χ2v) is 6.92. The van der Waals surface area contributed by atoms with Crippen LogP contribution in [0.25, 0.3) is 0 Å². The summed E-state index contributed by atoms with van der Waals surface area (Å²) >= 11 is 0. The largest absolute Gasteiger partial charge is 0.481 e. The molecule has 0 radical (unpaired) electrons. The first-order valence-electron chi connectivity index (χ1n) is 9.03. The third-order valence-corrected chi connectivity index (χ3v) is 5.56. The van der Waals surface area contributed by atoms with E-state index in [0.29, 0.717) is 12.1 Å². The minimum absolute atomic E-state index is 0.0753. The van der Waals surface area contributed by atoms with E-state index < -0.39 is 23.7 Å². The van der Waals surface area contributed by atoms with E-state index in [2.05, 4.69) is 11.8 Å². The van der Waals surface area contributed by atoms with Gasteiger partial charge in [0.15, 0.2) is 0 Å². The Bertz CT molecular complexity index is 651. The van der Waals surface area contributed by atoms with Crippen molar-refractivity contribution in [2.24, 2.45) is 5.92 Å². The van der Waals surface area contributed by atoms with Crippen LogP contribution in [0.4, 0.5) is 4.39 Å². The molecule has 2 aliphatic heterocycles. The number of rotatable bonds is 5. The number of benzene rings is 1. The van der Waals surface area contributed by atoms with Crippen LogP contribution in [-0.4, -0.2) is 52.5 Å². The van der Waals surface area contributed by atoms with Gasteiger partial charge in [0, 0.05) is 24.6 Å². The minimum Gasteiger partial charge on any atom is -0.481 e. The Morgan fingerprint density at radius 2 is 2.08 bits per heavy atom. The molecule has 136 valence electrons. The number of piperidine rings is 1. The summed E-state index contributed by atoms with van der Waals surface area (Å²) in [5.74, 6) is -2.26. The summed E-state index contributed by atoms with van der Waals surface area (Å²) < 4.78 is 14.4. The smallest absolute Gasteiger partial charge is 0.308 e. The molecule has 6 heteroatoms. The number of halogens is 1. The normalized spacial score (nSPS) is 27.7. The fourth-order valence-corrected chi connectivity index (χ4v) is 4.27. The lowest BCUT2D eigenvalue weighted by Crippen LogP contribution is -2.50. The van der Waals surface area contributed by atoms with Crippen LogP contribution in [0.3, 0.4) is 0 Å². The lowest BCUT2D eigenvalue weighted by atomic mass is 9.83. The van der Waals surface area contributed by atoms with Gasteiger partial charge in [0.25, 0.3) is 0 Å². The van der Waals surface area contributed by atoms with E-state index in [1.54, 1.807) is 23.1 Å². The van der Waals surface area contributed by atoms with Crippen LogP contribution >= 0.6 is 0 Å². The molecule has 0 bridgehead atoms. The number of carbonyl (C=O) groups excluding carboxylic acids is 1. The molecule has 2 fully saturated rings. The molecule has 1 amide bonds. The predicted octanol–water partition coefficient (Wildman–Crippen LogP) is 2.67. The molecule has 25 heavy (non-hydrogen) atoms. The molecule has 2 saturated heterocycles. The van der Waals surface area contributed by atoms with E-state index in [1.807, 2.05) is 0 Å². The van der Waals surface area contributed by atoms with Gasteiger partial charge in [-0.15, -0.1) is 0 Å². The molecule has 0 saturated carbocycles. The Kier molecular flexibility index (Phi) is 5.37. The van der Waals surface area contributed by atoms with Gasteiger partial charge in [-0.25, -0.2) is 4.39 Å². The van der Waals surface area contributed by atoms with Crippen molar-refractivity contribution in [1.29, 1.82) is 0 Å². The molecule has 1 N–H and O–H groups in total. The van der Waals surface area contributed by atoms with Gasteiger partial charge in [-0.3, -0.25) is 14.5 Å². The van der Waals surface area contributed by atoms with Crippen molar-refractivity contribution in [3.63, 3.8) is 0 Å². The second-order valence-electron chi connectivity index (χ2n) is 6.92. The first-order chi connectivity index (χ1) is 12.0. The van der Waals surface area contributed by atoms with Gasteiger partial charge >= 0.3 is 5.97 Å². The van der Waals surface area contributed by atoms with Crippen LogP contribution in [-0.2, 0) is 9.59 Å². The summed E-state index contributed by atoms with van der Waals surface area (Å²) in [6.07, 6.45) is 2.53. The monoisotopic (exact) mass is 348 g/mol. The van der Waals surface area contributed by atoms with Crippen molar-refractivity contribution in [2.45, 2.75) is 44.7 Å². The lowest BCUT2D eigenvalue weighted by Gasteiger charge is -2.42. The van der Waals surface area contributed by atoms with E-state index >= 15 is 0 Å². The summed E-state index contributed by atoms with van der Waals surface area (Å²) in [6, 6.07) is 5.70. The second kappa shape index (κ2) is 7.52. The molecule has 3 rings (SSSR count).